The molecule has 18 heavy (non-hydrogen) atoms. The first-order valence-corrected chi connectivity index (χ1v) is 6.49. The maximum absolute atomic E-state index is 11.9. The van der Waals surface area contributed by atoms with E-state index in [-0.39, 0.29) is 25.2 Å². The minimum absolute atomic E-state index is 0.0890. The first-order chi connectivity index (χ1) is 8.60. The molecule has 2 amide bonds. The van der Waals surface area contributed by atoms with Crippen molar-refractivity contribution in [1.29, 1.82) is 0 Å². The molecule has 3 N–H and O–H groups in total. The summed E-state index contributed by atoms with van der Waals surface area (Å²) in [7, 11) is 0. The zero-order valence-electron chi connectivity index (χ0n) is 10.8. The summed E-state index contributed by atoms with van der Waals surface area (Å²) in [5, 5.41) is 20.7. The van der Waals surface area contributed by atoms with Gasteiger partial charge in [-0.1, -0.05) is 12.8 Å². The van der Waals surface area contributed by atoms with E-state index in [1.54, 1.807) is 0 Å². The molecule has 0 aliphatic heterocycles. The van der Waals surface area contributed by atoms with E-state index < -0.39 is 11.9 Å². The van der Waals surface area contributed by atoms with E-state index in [1.165, 1.54) is 4.90 Å². The molecule has 1 aliphatic rings. The summed E-state index contributed by atoms with van der Waals surface area (Å²) in [6.07, 6.45) is 3.17. The standard InChI is InChI=1S/C12H22N2O4/c1-2-14(7-8-15)12(18)13-10-6-4-3-5-9(10)11(16)17/h9-10,15H,2-8H2,1H3,(H,13,18)(H,16,17). The summed E-state index contributed by atoms with van der Waals surface area (Å²) in [5.41, 5.74) is 0. The minimum Gasteiger partial charge on any atom is -0.481 e. The maximum atomic E-state index is 11.9. The van der Waals surface area contributed by atoms with Gasteiger partial charge in [-0.05, 0) is 19.8 Å². The maximum Gasteiger partial charge on any atom is 0.317 e. The normalized spacial score (nSPS) is 23.4. The van der Waals surface area contributed by atoms with E-state index in [0.717, 1.165) is 12.8 Å². The van der Waals surface area contributed by atoms with Gasteiger partial charge in [0.1, 0.15) is 0 Å². The molecule has 0 spiro atoms. The van der Waals surface area contributed by atoms with E-state index in [4.69, 9.17) is 10.2 Å². The van der Waals surface area contributed by atoms with Crippen molar-refractivity contribution in [3.8, 4) is 0 Å². The zero-order valence-corrected chi connectivity index (χ0v) is 10.8. The molecule has 0 aromatic heterocycles. The lowest BCUT2D eigenvalue weighted by Crippen LogP contribution is -2.50. The zero-order chi connectivity index (χ0) is 13.5. The van der Waals surface area contributed by atoms with E-state index in [9.17, 15) is 9.59 Å². The Morgan fingerprint density at radius 1 is 1.33 bits per heavy atom. The summed E-state index contributed by atoms with van der Waals surface area (Å²) in [4.78, 5) is 24.5. The number of aliphatic hydroxyl groups is 1. The van der Waals surface area contributed by atoms with E-state index in [1.807, 2.05) is 6.92 Å². The highest BCUT2D eigenvalue weighted by atomic mass is 16.4. The number of hydrogen-bond acceptors (Lipinski definition) is 3. The Morgan fingerprint density at radius 3 is 2.56 bits per heavy atom. The molecule has 1 aliphatic carbocycles. The number of urea groups is 1. The largest absolute Gasteiger partial charge is 0.481 e. The van der Waals surface area contributed by atoms with Gasteiger partial charge in [-0.15, -0.1) is 0 Å². The third-order valence-corrected chi connectivity index (χ3v) is 3.43. The molecule has 0 heterocycles. The number of aliphatic carboxylic acids is 1. The van der Waals surface area contributed by atoms with Crippen LogP contribution in [0.3, 0.4) is 0 Å². The van der Waals surface area contributed by atoms with Gasteiger partial charge in [0.05, 0.1) is 12.5 Å². The lowest BCUT2D eigenvalue weighted by molar-refractivity contribution is -0.143. The molecule has 0 bridgehead atoms. The smallest absolute Gasteiger partial charge is 0.317 e. The molecule has 1 fully saturated rings. The molecule has 6 nitrogen and oxygen atoms in total. The first-order valence-electron chi connectivity index (χ1n) is 6.49. The number of rotatable bonds is 5. The van der Waals surface area contributed by atoms with E-state index in [0.29, 0.717) is 19.4 Å². The predicted molar refractivity (Wildman–Crippen MR) is 66.2 cm³/mol. The second-order valence-electron chi connectivity index (χ2n) is 4.59. The van der Waals surface area contributed by atoms with Crippen LogP contribution in [0.25, 0.3) is 0 Å². The second-order valence-corrected chi connectivity index (χ2v) is 4.59. The van der Waals surface area contributed by atoms with Gasteiger partial charge in [0.2, 0.25) is 0 Å². The van der Waals surface area contributed by atoms with Gasteiger partial charge in [0, 0.05) is 19.1 Å². The molecule has 2 unspecified atom stereocenters. The summed E-state index contributed by atoms with van der Waals surface area (Å²) in [6.45, 7) is 2.50. The lowest BCUT2D eigenvalue weighted by Gasteiger charge is -2.31. The number of nitrogens with zero attached hydrogens (tertiary/aromatic N) is 1. The predicted octanol–water partition coefficient (Wildman–Crippen LogP) is 0.654. The van der Waals surface area contributed by atoms with Crippen molar-refractivity contribution in [3.63, 3.8) is 0 Å². The first kappa shape index (κ1) is 14.8. The second kappa shape index (κ2) is 7.20. The Bertz CT molecular complexity index is 296. The van der Waals surface area contributed by atoms with Crippen LogP contribution in [0, 0.1) is 5.92 Å². The van der Waals surface area contributed by atoms with Crippen LogP contribution in [0.15, 0.2) is 0 Å². The number of carbonyl (C=O) groups is 2. The fourth-order valence-electron chi connectivity index (χ4n) is 2.37. The van der Waals surface area contributed by atoms with Crippen LogP contribution in [0.4, 0.5) is 4.79 Å². The van der Waals surface area contributed by atoms with Crippen LogP contribution in [-0.2, 0) is 4.79 Å². The Kier molecular flexibility index (Phi) is 5.91. The SMILES string of the molecule is CCN(CCO)C(=O)NC1CCCCC1C(=O)O. The van der Waals surface area contributed by atoms with Crippen LogP contribution in [0.1, 0.15) is 32.6 Å². The van der Waals surface area contributed by atoms with Crippen LogP contribution in [0.2, 0.25) is 0 Å². The number of carboxylic acid groups (broad SMARTS) is 1. The van der Waals surface area contributed by atoms with Crippen LogP contribution in [-0.4, -0.2) is 52.9 Å². The number of likely N-dealkylation sites (N-methyl/N-ethyl adjacent to an activating group) is 1. The average molecular weight is 258 g/mol. The fraction of sp³-hybridized carbons (Fsp3) is 0.833. The highest BCUT2D eigenvalue weighted by Crippen LogP contribution is 2.24. The summed E-state index contributed by atoms with van der Waals surface area (Å²) in [5.74, 6) is -1.33. The lowest BCUT2D eigenvalue weighted by atomic mass is 9.84. The molecule has 1 rings (SSSR count). The van der Waals surface area contributed by atoms with Gasteiger partial charge in [-0.25, -0.2) is 4.79 Å². The Labute approximate surface area is 107 Å². The number of amides is 2. The minimum atomic E-state index is -0.842. The van der Waals surface area contributed by atoms with Crippen LogP contribution < -0.4 is 5.32 Å². The van der Waals surface area contributed by atoms with Gasteiger partial charge in [0.25, 0.3) is 0 Å². The molecule has 2 atom stereocenters. The Balaban J connectivity index is 2.57. The number of nitrogens with one attached hydrogen (secondary N) is 1. The average Bonchev–Trinajstić information content (AvgIpc) is 2.36. The topological polar surface area (TPSA) is 89.9 Å². The quantitative estimate of drug-likeness (QED) is 0.675. The summed E-state index contributed by atoms with van der Waals surface area (Å²) in [6, 6.07) is -0.582. The third kappa shape index (κ3) is 3.87. The van der Waals surface area contributed by atoms with Crippen molar-refractivity contribution < 1.29 is 19.8 Å². The van der Waals surface area contributed by atoms with Crippen LogP contribution in [0.5, 0.6) is 0 Å². The van der Waals surface area contributed by atoms with Crippen molar-refractivity contribution in [1.82, 2.24) is 10.2 Å². The fourth-order valence-corrected chi connectivity index (χ4v) is 2.37. The number of aliphatic hydroxyl groups excluding tert-OH is 1. The molecular formula is C12H22N2O4. The highest BCUT2D eigenvalue weighted by molar-refractivity contribution is 5.77. The van der Waals surface area contributed by atoms with Crippen molar-refractivity contribution in [2.45, 2.75) is 38.6 Å². The Hall–Kier alpha value is -1.30. The molecule has 0 radical (unpaired) electrons. The molecule has 1 saturated carbocycles. The molecular weight excluding hydrogens is 236 g/mol. The molecule has 0 aromatic carbocycles. The molecule has 104 valence electrons. The van der Waals surface area contributed by atoms with Crippen molar-refractivity contribution in [2.75, 3.05) is 19.7 Å². The third-order valence-electron chi connectivity index (χ3n) is 3.43. The molecule has 0 saturated heterocycles. The van der Waals surface area contributed by atoms with Crippen molar-refractivity contribution in [2.24, 2.45) is 5.92 Å². The van der Waals surface area contributed by atoms with E-state index >= 15 is 0 Å². The molecule has 6 heteroatoms. The van der Waals surface area contributed by atoms with Crippen molar-refractivity contribution in [3.05, 3.63) is 0 Å². The van der Waals surface area contributed by atoms with Crippen LogP contribution >= 0.6 is 0 Å². The number of carbonyl (C=O) groups excluding carboxylic acids is 1. The van der Waals surface area contributed by atoms with Crippen molar-refractivity contribution >= 4 is 12.0 Å². The van der Waals surface area contributed by atoms with Gasteiger partial charge in [0.15, 0.2) is 0 Å². The number of hydrogen-bond donors (Lipinski definition) is 3. The van der Waals surface area contributed by atoms with Gasteiger partial charge >= 0.3 is 12.0 Å². The highest BCUT2D eigenvalue weighted by Gasteiger charge is 2.32. The van der Waals surface area contributed by atoms with Gasteiger partial charge in [-0.2, -0.15) is 0 Å². The summed E-state index contributed by atoms with van der Waals surface area (Å²) >= 11 is 0. The van der Waals surface area contributed by atoms with Gasteiger partial charge < -0.3 is 20.4 Å². The summed E-state index contributed by atoms with van der Waals surface area (Å²) < 4.78 is 0. The van der Waals surface area contributed by atoms with Gasteiger partial charge in [-0.3, -0.25) is 4.79 Å². The Morgan fingerprint density at radius 2 is 2.00 bits per heavy atom. The van der Waals surface area contributed by atoms with E-state index in [2.05, 4.69) is 5.32 Å². The monoisotopic (exact) mass is 258 g/mol. The number of carboxylic acids is 1. The molecule has 0 aromatic rings.